The lowest BCUT2D eigenvalue weighted by molar-refractivity contribution is 0.655. The van der Waals surface area contributed by atoms with Gasteiger partial charge in [0.15, 0.2) is 4.47 Å². The molecule has 0 amide bonds. The summed E-state index contributed by atoms with van der Waals surface area (Å²) in [6, 6.07) is 0. The van der Waals surface area contributed by atoms with Gasteiger partial charge in [-0.25, -0.2) is 4.98 Å². The minimum absolute atomic E-state index is 0.552. The van der Waals surface area contributed by atoms with Gasteiger partial charge in [-0.05, 0) is 6.92 Å². The molecule has 0 spiro atoms. The fourth-order valence-corrected chi connectivity index (χ4v) is 2.01. The number of hydrogen-bond donors (Lipinski definition) is 0. The minimum atomic E-state index is 0.552. The van der Waals surface area contributed by atoms with Crippen LogP contribution >= 0.6 is 34.5 Å². The molecule has 0 aliphatic carbocycles. The second kappa shape index (κ2) is 3.88. The van der Waals surface area contributed by atoms with Crippen LogP contribution in [0.25, 0.3) is 0 Å². The molecule has 0 fully saturated rings. The number of halogens is 2. The van der Waals surface area contributed by atoms with Gasteiger partial charge in [-0.3, -0.25) is 4.68 Å². The van der Waals surface area contributed by atoms with Crippen molar-refractivity contribution in [2.24, 2.45) is 0 Å². The molecule has 14 heavy (non-hydrogen) atoms. The first-order valence-corrected chi connectivity index (χ1v) is 5.58. The molecule has 0 unspecified atom stereocenters. The summed E-state index contributed by atoms with van der Waals surface area (Å²) in [5.41, 5.74) is 1.85. The van der Waals surface area contributed by atoms with Gasteiger partial charge in [0.1, 0.15) is 0 Å². The molecule has 6 heteroatoms. The third-order valence-electron chi connectivity index (χ3n) is 1.88. The Morgan fingerprint density at radius 1 is 1.50 bits per heavy atom. The molecule has 0 saturated carbocycles. The van der Waals surface area contributed by atoms with Crippen LogP contribution in [-0.2, 0) is 6.54 Å². The van der Waals surface area contributed by atoms with Crippen LogP contribution in [-0.4, -0.2) is 14.8 Å². The van der Waals surface area contributed by atoms with Crippen molar-refractivity contribution in [1.82, 2.24) is 14.8 Å². The maximum Gasteiger partial charge on any atom is 0.183 e. The monoisotopic (exact) mass is 247 g/mol. The Morgan fingerprint density at radius 3 is 2.79 bits per heavy atom. The Labute approximate surface area is 95.3 Å². The van der Waals surface area contributed by atoms with Crippen LogP contribution in [0.2, 0.25) is 9.49 Å². The highest BCUT2D eigenvalue weighted by Crippen LogP contribution is 2.18. The molecule has 0 aliphatic rings. The molecular weight excluding hydrogens is 241 g/mol. The van der Waals surface area contributed by atoms with Crippen LogP contribution in [0.5, 0.6) is 0 Å². The first-order chi connectivity index (χ1) is 6.66. The topological polar surface area (TPSA) is 30.7 Å². The molecule has 2 aromatic rings. The molecule has 2 heterocycles. The summed E-state index contributed by atoms with van der Waals surface area (Å²) < 4.78 is 2.35. The largest absolute Gasteiger partial charge is 0.262 e. The molecule has 0 bridgehead atoms. The molecule has 2 aromatic heterocycles. The maximum atomic E-state index is 5.87. The Balaban J connectivity index is 2.22. The first-order valence-electron chi connectivity index (χ1n) is 3.94. The Hall–Kier alpha value is -0.580. The van der Waals surface area contributed by atoms with E-state index in [1.165, 1.54) is 11.3 Å². The van der Waals surface area contributed by atoms with Gasteiger partial charge < -0.3 is 0 Å². The molecule has 0 N–H and O–H groups in total. The van der Waals surface area contributed by atoms with Crippen LogP contribution < -0.4 is 0 Å². The summed E-state index contributed by atoms with van der Waals surface area (Å²) in [5, 5.41) is 6.71. The van der Waals surface area contributed by atoms with Gasteiger partial charge in [-0.1, -0.05) is 23.2 Å². The van der Waals surface area contributed by atoms with Crippen molar-refractivity contribution >= 4 is 34.5 Å². The molecule has 74 valence electrons. The van der Waals surface area contributed by atoms with Crippen LogP contribution in [0.1, 0.15) is 11.4 Å². The van der Waals surface area contributed by atoms with Gasteiger partial charge in [0.05, 0.1) is 29.2 Å². The highest BCUT2D eigenvalue weighted by Gasteiger charge is 2.06. The number of hydrogen-bond acceptors (Lipinski definition) is 3. The van der Waals surface area contributed by atoms with E-state index in [-0.39, 0.29) is 0 Å². The van der Waals surface area contributed by atoms with Crippen molar-refractivity contribution in [3.8, 4) is 0 Å². The number of thiazole rings is 1. The van der Waals surface area contributed by atoms with Gasteiger partial charge >= 0.3 is 0 Å². The Kier molecular flexibility index (Phi) is 2.76. The van der Waals surface area contributed by atoms with E-state index in [1.807, 2.05) is 12.3 Å². The highest BCUT2D eigenvalue weighted by molar-refractivity contribution is 7.13. The molecule has 0 aliphatic heterocycles. The van der Waals surface area contributed by atoms with Crippen molar-refractivity contribution < 1.29 is 0 Å². The van der Waals surface area contributed by atoms with Crippen LogP contribution in [0.15, 0.2) is 11.6 Å². The average Bonchev–Trinajstić information content (AvgIpc) is 2.67. The fourth-order valence-electron chi connectivity index (χ4n) is 1.09. The summed E-state index contributed by atoms with van der Waals surface area (Å²) in [5.74, 6) is 0. The van der Waals surface area contributed by atoms with E-state index in [1.54, 1.807) is 10.9 Å². The quantitative estimate of drug-likeness (QED) is 0.817. The molecular formula is C8H7Cl2N3S. The number of aromatic nitrogens is 3. The number of rotatable bonds is 2. The van der Waals surface area contributed by atoms with Gasteiger partial charge in [0.25, 0.3) is 0 Å². The van der Waals surface area contributed by atoms with Gasteiger partial charge in [0, 0.05) is 5.38 Å². The zero-order valence-corrected chi connectivity index (χ0v) is 9.70. The molecule has 0 atom stereocenters. The summed E-state index contributed by atoms with van der Waals surface area (Å²) in [6.45, 7) is 2.53. The van der Waals surface area contributed by atoms with E-state index in [0.717, 1.165) is 11.4 Å². The zero-order valence-electron chi connectivity index (χ0n) is 7.37. The van der Waals surface area contributed by atoms with Gasteiger partial charge in [-0.2, -0.15) is 5.10 Å². The highest BCUT2D eigenvalue weighted by atomic mass is 35.5. The van der Waals surface area contributed by atoms with Crippen molar-refractivity contribution in [2.45, 2.75) is 13.5 Å². The smallest absolute Gasteiger partial charge is 0.183 e. The number of nitrogens with zero attached hydrogens (tertiary/aromatic N) is 3. The van der Waals surface area contributed by atoms with Crippen molar-refractivity contribution in [3.63, 3.8) is 0 Å². The van der Waals surface area contributed by atoms with Crippen molar-refractivity contribution in [1.29, 1.82) is 0 Å². The Bertz CT molecular complexity index is 449. The summed E-state index contributed by atoms with van der Waals surface area (Å²) in [4.78, 5) is 4.14. The predicted molar refractivity (Wildman–Crippen MR) is 58.2 cm³/mol. The first kappa shape index (κ1) is 9.96. The molecule has 0 aromatic carbocycles. The summed E-state index contributed by atoms with van der Waals surface area (Å²) in [6.07, 6.45) is 1.63. The average molecular weight is 248 g/mol. The lowest BCUT2D eigenvalue weighted by Crippen LogP contribution is -2.03. The van der Waals surface area contributed by atoms with Crippen molar-refractivity contribution in [3.05, 3.63) is 32.5 Å². The Morgan fingerprint density at radius 2 is 2.29 bits per heavy atom. The minimum Gasteiger partial charge on any atom is -0.262 e. The third-order valence-corrected chi connectivity index (χ3v) is 3.28. The summed E-state index contributed by atoms with van der Waals surface area (Å²) in [7, 11) is 0. The van der Waals surface area contributed by atoms with Crippen molar-refractivity contribution in [2.75, 3.05) is 0 Å². The van der Waals surface area contributed by atoms with Crippen LogP contribution in [0.3, 0.4) is 0 Å². The van der Waals surface area contributed by atoms with E-state index < -0.39 is 0 Å². The molecule has 3 nitrogen and oxygen atoms in total. The second-order valence-corrected chi connectivity index (χ2v) is 4.67. The van der Waals surface area contributed by atoms with E-state index >= 15 is 0 Å². The zero-order chi connectivity index (χ0) is 10.1. The third kappa shape index (κ3) is 1.92. The molecule has 0 radical (unpaired) electrons. The predicted octanol–water partition coefficient (Wildman–Crippen LogP) is 3.00. The van der Waals surface area contributed by atoms with E-state index in [9.17, 15) is 0 Å². The van der Waals surface area contributed by atoms with E-state index in [4.69, 9.17) is 23.2 Å². The van der Waals surface area contributed by atoms with E-state index in [0.29, 0.717) is 16.0 Å². The fraction of sp³-hybridized carbons (Fsp3) is 0.250. The molecule has 0 saturated heterocycles. The van der Waals surface area contributed by atoms with E-state index in [2.05, 4.69) is 10.1 Å². The van der Waals surface area contributed by atoms with Crippen LogP contribution in [0.4, 0.5) is 0 Å². The summed E-state index contributed by atoms with van der Waals surface area (Å²) >= 11 is 13.0. The van der Waals surface area contributed by atoms with Gasteiger partial charge in [-0.15, -0.1) is 11.3 Å². The lowest BCUT2D eigenvalue weighted by Gasteiger charge is -2.00. The maximum absolute atomic E-state index is 5.87. The van der Waals surface area contributed by atoms with Gasteiger partial charge in [0.2, 0.25) is 0 Å². The lowest BCUT2D eigenvalue weighted by atomic mass is 10.4. The molecule has 2 rings (SSSR count). The normalized spacial score (nSPS) is 10.8. The standard InChI is InChI=1S/C8H7Cl2N3S/c1-5-7(9)2-11-13(5)3-6-4-14-8(10)12-6/h2,4H,3H2,1H3. The second-order valence-electron chi connectivity index (χ2n) is 2.83. The SMILES string of the molecule is Cc1c(Cl)cnn1Cc1csc(Cl)n1. The van der Waals surface area contributed by atoms with Crippen LogP contribution in [0, 0.1) is 6.92 Å².